The van der Waals surface area contributed by atoms with Gasteiger partial charge >= 0.3 is 11.9 Å². The molecule has 0 aliphatic carbocycles. The highest BCUT2D eigenvalue weighted by molar-refractivity contribution is 6.00. The van der Waals surface area contributed by atoms with Crippen molar-refractivity contribution in [2.45, 2.75) is 20.1 Å². The van der Waals surface area contributed by atoms with Gasteiger partial charge in [0, 0.05) is 5.69 Å². The number of benzene rings is 2. The molecule has 0 bridgehead atoms. The van der Waals surface area contributed by atoms with Crippen LogP contribution in [-0.4, -0.2) is 24.0 Å². The first kappa shape index (κ1) is 19.2. The third kappa shape index (κ3) is 4.40. The van der Waals surface area contributed by atoms with Crippen molar-refractivity contribution in [1.29, 1.82) is 0 Å². The van der Waals surface area contributed by atoms with Gasteiger partial charge in [-0.3, -0.25) is 0 Å². The normalized spacial score (nSPS) is 10.4. The standard InChI is InChI=1S/C22H21NO5/c1-15-18(21(24)27-13-16-9-5-3-6-10-16)20(26-2)19(23-15)22(25)28-14-17-11-7-4-8-12-17/h3-12,23H,13-14H2,1-2H3. The van der Waals surface area contributed by atoms with Crippen molar-refractivity contribution < 1.29 is 23.8 Å². The minimum absolute atomic E-state index is 0.0857. The zero-order chi connectivity index (χ0) is 19.9. The molecule has 144 valence electrons. The van der Waals surface area contributed by atoms with E-state index < -0.39 is 11.9 Å². The molecule has 6 heteroatoms. The first-order valence-corrected chi connectivity index (χ1v) is 8.78. The zero-order valence-electron chi connectivity index (χ0n) is 15.7. The number of rotatable bonds is 7. The average Bonchev–Trinajstić information content (AvgIpc) is 3.08. The van der Waals surface area contributed by atoms with Crippen LogP contribution in [0.4, 0.5) is 0 Å². The molecule has 1 N–H and O–H groups in total. The van der Waals surface area contributed by atoms with Crippen molar-refractivity contribution in [3.8, 4) is 5.75 Å². The molecule has 1 heterocycles. The average molecular weight is 379 g/mol. The van der Waals surface area contributed by atoms with Gasteiger partial charge in [0.1, 0.15) is 18.8 Å². The minimum Gasteiger partial charge on any atom is -0.493 e. The molecule has 0 saturated heterocycles. The van der Waals surface area contributed by atoms with Gasteiger partial charge < -0.3 is 19.2 Å². The van der Waals surface area contributed by atoms with E-state index in [-0.39, 0.29) is 30.2 Å². The summed E-state index contributed by atoms with van der Waals surface area (Å²) in [7, 11) is 1.39. The molecule has 1 aromatic heterocycles. The van der Waals surface area contributed by atoms with Gasteiger partial charge in [-0.05, 0) is 18.1 Å². The SMILES string of the molecule is COc1c(C(=O)OCc2ccccc2)[nH]c(C)c1C(=O)OCc1ccccc1. The third-order valence-corrected chi connectivity index (χ3v) is 4.18. The van der Waals surface area contributed by atoms with Gasteiger partial charge in [-0.2, -0.15) is 0 Å². The van der Waals surface area contributed by atoms with Crippen LogP contribution < -0.4 is 4.74 Å². The first-order valence-electron chi connectivity index (χ1n) is 8.78. The van der Waals surface area contributed by atoms with Crippen molar-refractivity contribution in [3.63, 3.8) is 0 Å². The summed E-state index contributed by atoms with van der Waals surface area (Å²) in [4.78, 5) is 27.9. The molecular weight excluding hydrogens is 358 g/mol. The number of nitrogens with one attached hydrogen (secondary N) is 1. The lowest BCUT2D eigenvalue weighted by Gasteiger charge is -2.08. The Bertz CT molecular complexity index is 948. The van der Waals surface area contributed by atoms with E-state index >= 15 is 0 Å². The predicted molar refractivity (Wildman–Crippen MR) is 103 cm³/mol. The van der Waals surface area contributed by atoms with Crippen LogP contribution >= 0.6 is 0 Å². The molecule has 0 radical (unpaired) electrons. The van der Waals surface area contributed by atoms with Crippen LogP contribution in [0.1, 0.15) is 37.7 Å². The van der Waals surface area contributed by atoms with E-state index in [0.717, 1.165) is 11.1 Å². The summed E-state index contributed by atoms with van der Waals surface area (Å²) < 4.78 is 16.0. The van der Waals surface area contributed by atoms with Gasteiger partial charge in [-0.1, -0.05) is 60.7 Å². The maximum atomic E-state index is 12.6. The number of aromatic amines is 1. The van der Waals surface area contributed by atoms with Crippen LogP contribution in [0.2, 0.25) is 0 Å². The quantitative estimate of drug-likeness (QED) is 0.627. The summed E-state index contributed by atoms with van der Waals surface area (Å²) in [5.74, 6) is -1.06. The maximum absolute atomic E-state index is 12.6. The second-order valence-electron chi connectivity index (χ2n) is 6.16. The van der Waals surface area contributed by atoms with E-state index in [2.05, 4.69) is 4.98 Å². The van der Waals surface area contributed by atoms with E-state index in [9.17, 15) is 9.59 Å². The second-order valence-corrected chi connectivity index (χ2v) is 6.16. The predicted octanol–water partition coefficient (Wildman–Crippen LogP) is 4.05. The van der Waals surface area contributed by atoms with Crippen LogP contribution in [-0.2, 0) is 22.7 Å². The van der Waals surface area contributed by atoms with Crippen molar-refractivity contribution in [2.75, 3.05) is 7.11 Å². The summed E-state index contributed by atoms with van der Waals surface area (Å²) in [5, 5.41) is 0. The fraction of sp³-hybridized carbons (Fsp3) is 0.182. The van der Waals surface area contributed by atoms with Gasteiger partial charge in [0.15, 0.2) is 11.4 Å². The van der Waals surface area contributed by atoms with E-state index in [1.807, 2.05) is 60.7 Å². The molecule has 0 aliphatic heterocycles. The molecule has 0 spiro atoms. The van der Waals surface area contributed by atoms with Gasteiger partial charge in [0.2, 0.25) is 0 Å². The summed E-state index contributed by atoms with van der Waals surface area (Å²) in [5.41, 5.74) is 2.47. The number of methoxy groups -OCH3 is 1. The van der Waals surface area contributed by atoms with E-state index in [1.165, 1.54) is 7.11 Å². The van der Waals surface area contributed by atoms with Crippen molar-refractivity contribution in [1.82, 2.24) is 4.98 Å². The number of carbonyl (C=O) groups excluding carboxylic acids is 2. The fourth-order valence-electron chi connectivity index (χ4n) is 2.79. The Morgan fingerprint density at radius 3 is 1.82 bits per heavy atom. The Labute approximate surface area is 163 Å². The number of carbonyl (C=O) groups is 2. The van der Waals surface area contributed by atoms with Crippen LogP contribution in [0.25, 0.3) is 0 Å². The number of aromatic nitrogens is 1. The van der Waals surface area contributed by atoms with E-state index in [1.54, 1.807) is 6.92 Å². The molecule has 0 fully saturated rings. The summed E-state index contributed by atoms with van der Waals surface area (Å²) in [6.07, 6.45) is 0. The first-order chi connectivity index (χ1) is 13.6. The highest BCUT2D eigenvalue weighted by Crippen LogP contribution is 2.29. The smallest absolute Gasteiger partial charge is 0.359 e. The van der Waals surface area contributed by atoms with E-state index in [0.29, 0.717) is 5.69 Å². The topological polar surface area (TPSA) is 77.6 Å². The third-order valence-electron chi connectivity index (χ3n) is 4.18. The maximum Gasteiger partial charge on any atom is 0.359 e. The fourth-order valence-corrected chi connectivity index (χ4v) is 2.79. The van der Waals surface area contributed by atoms with Crippen molar-refractivity contribution in [2.24, 2.45) is 0 Å². The number of hydrogen-bond acceptors (Lipinski definition) is 5. The van der Waals surface area contributed by atoms with Gasteiger partial charge in [-0.15, -0.1) is 0 Å². The molecule has 0 atom stereocenters. The Hall–Kier alpha value is -3.54. The van der Waals surface area contributed by atoms with Gasteiger partial charge in [0.25, 0.3) is 0 Å². The van der Waals surface area contributed by atoms with Crippen LogP contribution in [0.15, 0.2) is 60.7 Å². The largest absolute Gasteiger partial charge is 0.493 e. The molecule has 6 nitrogen and oxygen atoms in total. The van der Waals surface area contributed by atoms with Crippen LogP contribution in [0.5, 0.6) is 5.75 Å². The summed E-state index contributed by atoms with van der Waals surface area (Å²) in [6.45, 7) is 1.92. The number of esters is 2. The lowest BCUT2D eigenvalue weighted by Crippen LogP contribution is -2.09. The van der Waals surface area contributed by atoms with Crippen LogP contribution in [0.3, 0.4) is 0 Å². The van der Waals surface area contributed by atoms with Gasteiger partial charge in [0.05, 0.1) is 7.11 Å². The number of H-pyrrole nitrogens is 1. The Morgan fingerprint density at radius 2 is 1.32 bits per heavy atom. The van der Waals surface area contributed by atoms with E-state index in [4.69, 9.17) is 14.2 Å². The molecule has 3 rings (SSSR count). The monoisotopic (exact) mass is 379 g/mol. The zero-order valence-corrected chi connectivity index (χ0v) is 15.7. The molecule has 0 aliphatic rings. The van der Waals surface area contributed by atoms with Crippen molar-refractivity contribution in [3.05, 3.63) is 88.7 Å². The molecule has 3 aromatic rings. The number of ether oxygens (including phenoxy) is 3. The Balaban J connectivity index is 1.73. The molecular formula is C22H21NO5. The van der Waals surface area contributed by atoms with Crippen LogP contribution in [0, 0.1) is 6.92 Å². The minimum atomic E-state index is -0.606. The molecule has 28 heavy (non-hydrogen) atoms. The summed E-state index contributed by atoms with van der Waals surface area (Å²) in [6, 6.07) is 18.7. The Kier molecular flexibility index (Phi) is 6.11. The molecule has 0 saturated carbocycles. The summed E-state index contributed by atoms with van der Waals surface area (Å²) >= 11 is 0. The number of aryl methyl sites for hydroxylation is 1. The molecule has 0 unspecified atom stereocenters. The molecule has 0 amide bonds. The second kappa shape index (κ2) is 8.90. The van der Waals surface area contributed by atoms with Crippen molar-refractivity contribution >= 4 is 11.9 Å². The van der Waals surface area contributed by atoms with Gasteiger partial charge in [-0.25, -0.2) is 9.59 Å². The lowest BCUT2D eigenvalue weighted by atomic mass is 10.2. The lowest BCUT2D eigenvalue weighted by molar-refractivity contribution is 0.0462. The number of hydrogen-bond donors (Lipinski definition) is 1. The molecule has 2 aromatic carbocycles. The highest BCUT2D eigenvalue weighted by atomic mass is 16.5. The Morgan fingerprint density at radius 1 is 0.821 bits per heavy atom. The highest BCUT2D eigenvalue weighted by Gasteiger charge is 2.27.